The minimum Gasteiger partial charge on any atom is -0.241 e. The number of aromatic nitrogens is 1. The molecule has 2 heterocycles. The number of sulfonamides is 1. The summed E-state index contributed by atoms with van der Waals surface area (Å²) in [4.78, 5) is 3.64. The summed E-state index contributed by atoms with van der Waals surface area (Å²) in [5.74, 6) is -0.413. The lowest BCUT2D eigenvalue weighted by atomic mass is 10.1. The van der Waals surface area contributed by atoms with Crippen molar-refractivity contribution < 1.29 is 12.8 Å². The minimum absolute atomic E-state index is 0.372. The van der Waals surface area contributed by atoms with E-state index in [0.29, 0.717) is 19.0 Å². The third-order valence-electron chi connectivity index (χ3n) is 3.13. The predicted molar refractivity (Wildman–Crippen MR) is 61.4 cm³/mol. The lowest BCUT2D eigenvalue weighted by molar-refractivity contribution is 0.444. The second kappa shape index (κ2) is 4.70. The first-order valence-electron chi connectivity index (χ1n) is 5.66. The van der Waals surface area contributed by atoms with E-state index < -0.39 is 20.9 Å². The number of nitrogens with zero attached hydrogens (tertiary/aromatic N) is 2. The third kappa shape index (κ3) is 2.32. The Morgan fingerprint density at radius 1 is 1.59 bits per heavy atom. The molecule has 1 atom stereocenters. The molecule has 94 valence electrons. The van der Waals surface area contributed by atoms with Gasteiger partial charge in [0.2, 0.25) is 5.03 Å². The Kier molecular flexibility index (Phi) is 3.44. The van der Waals surface area contributed by atoms with Crippen LogP contribution in [0.1, 0.15) is 19.8 Å². The quantitative estimate of drug-likeness (QED) is 0.828. The van der Waals surface area contributed by atoms with Gasteiger partial charge in [0.25, 0.3) is 10.0 Å². The van der Waals surface area contributed by atoms with E-state index in [4.69, 9.17) is 0 Å². The standard InChI is InChI=1S/C11H15FN2O2S/c1-2-9-5-7-14(8-9)17(15,16)11-10(12)4-3-6-13-11/h3-4,6,9H,2,5,7-8H2,1H3. The Hall–Kier alpha value is -1.01. The van der Waals surface area contributed by atoms with E-state index in [2.05, 4.69) is 4.98 Å². The highest BCUT2D eigenvalue weighted by atomic mass is 32.2. The van der Waals surface area contributed by atoms with Crippen LogP contribution in [0.5, 0.6) is 0 Å². The number of pyridine rings is 1. The molecule has 1 saturated heterocycles. The molecule has 1 aliphatic rings. The first-order valence-corrected chi connectivity index (χ1v) is 7.10. The molecule has 0 aliphatic carbocycles. The molecule has 1 aromatic heterocycles. The van der Waals surface area contributed by atoms with Crippen molar-refractivity contribution in [2.24, 2.45) is 5.92 Å². The molecule has 0 spiro atoms. The van der Waals surface area contributed by atoms with E-state index in [1.165, 1.54) is 16.6 Å². The van der Waals surface area contributed by atoms with Crippen molar-refractivity contribution >= 4 is 10.0 Å². The Morgan fingerprint density at radius 2 is 2.35 bits per heavy atom. The number of hydrogen-bond acceptors (Lipinski definition) is 3. The van der Waals surface area contributed by atoms with E-state index in [0.717, 1.165) is 18.9 Å². The topological polar surface area (TPSA) is 50.3 Å². The molecule has 0 aromatic carbocycles. The number of halogens is 1. The first-order chi connectivity index (χ1) is 8.05. The summed E-state index contributed by atoms with van der Waals surface area (Å²) < 4.78 is 39.1. The van der Waals surface area contributed by atoms with Crippen molar-refractivity contribution in [2.45, 2.75) is 24.8 Å². The maximum absolute atomic E-state index is 13.4. The fourth-order valence-corrected chi connectivity index (χ4v) is 3.54. The summed E-state index contributed by atoms with van der Waals surface area (Å²) in [5, 5.41) is -0.461. The zero-order chi connectivity index (χ0) is 12.5. The molecular formula is C11H15FN2O2S. The van der Waals surface area contributed by atoms with Crippen LogP contribution in [0.2, 0.25) is 0 Å². The van der Waals surface area contributed by atoms with Crippen molar-refractivity contribution in [3.63, 3.8) is 0 Å². The highest BCUT2D eigenvalue weighted by Gasteiger charge is 2.34. The maximum atomic E-state index is 13.4. The van der Waals surface area contributed by atoms with E-state index in [9.17, 15) is 12.8 Å². The van der Waals surface area contributed by atoms with Crippen molar-refractivity contribution in [3.05, 3.63) is 24.1 Å². The summed E-state index contributed by atoms with van der Waals surface area (Å²) >= 11 is 0. The van der Waals surface area contributed by atoms with Gasteiger partial charge in [-0.15, -0.1) is 0 Å². The van der Waals surface area contributed by atoms with Crippen LogP contribution >= 0.6 is 0 Å². The Labute approximate surface area is 101 Å². The molecule has 0 bridgehead atoms. The molecular weight excluding hydrogens is 243 g/mol. The zero-order valence-electron chi connectivity index (χ0n) is 9.63. The first kappa shape index (κ1) is 12.4. The van der Waals surface area contributed by atoms with Gasteiger partial charge in [0, 0.05) is 19.3 Å². The monoisotopic (exact) mass is 258 g/mol. The molecule has 6 heteroatoms. The summed E-state index contributed by atoms with van der Waals surface area (Å²) in [5.41, 5.74) is 0. The van der Waals surface area contributed by atoms with Crippen LogP contribution in [-0.2, 0) is 10.0 Å². The van der Waals surface area contributed by atoms with Gasteiger partial charge in [0.1, 0.15) is 0 Å². The lowest BCUT2D eigenvalue weighted by Crippen LogP contribution is -2.30. The minimum atomic E-state index is -3.77. The van der Waals surface area contributed by atoms with Crippen molar-refractivity contribution in [2.75, 3.05) is 13.1 Å². The molecule has 0 saturated carbocycles. The maximum Gasteiger partial charge on any atom is 0.263 e. The van der Waals surface area contributed by atoms with Gasteiger partial charge >= 0.3 is 0 Å². The fraction of sp³-hybridized carbons (Fsp3) is 0.545. The highest BCUT2D eigenvalue weighted by molar-refractivity contribution is 7.89. The molecule has 1 aromatic rings. The Balaban J connectivity index is 2.29. The van der Waals surface area contributed by atoms with Crippen LogP contribution in [0.3, 0.4) is 0 Å². The number of hydrogen-bond donors (Lipinski definition) is 0. The summed E-state index contributed by atoms with van der Waals surface area (Å²) in [6.45, 7) is 2.95. The van der Waals surface area contributed by atoms with Crippen LogP contribution in [0, 0.1) is 11.7 Å². The fourth-order valence-electron chi connectivity index (χ4n) is 2.03. The Morgan fingerprint density at radius 3 is 2.94 bits per heavy atom. The average molecular weight is 258 g/mol. The van der Waals surface area contributed by atoms with Gasteiger partial charge in [-0.2, -0.15) is 4.31 Å². The van der Waals surface area contributed by atoms with E-state index in [-0.39, 0.29) is 0 Å². The predicted octanol–water partition coefficient (Wildman–Crippen LogP) is 1.64. The molecule has 2 rings (SSSR count). The summed E-state index contributed by atoms with van der Waals surface area (Å²) in [6.07, 6.45) is 3.07. The Bertz CT molecular complexity index is 504. The van der Waals surface area contributed by atoms with Gasteiger partial charge in [-0.1, -0.05) is 13.3 Å². The second-order valence-electron chi connectivity index (χ2n) is 4.22. The van der Waals surface area contributed by atoms with Gasteiger partial charge < -0.3 is 0 Å². The van der Waals surface area contributed by atoms with Crippen LogP contribution in [-0.4, -0.2) is 30.8 Å². The lowest BCUT2D eigenvalue weighted by Gasteiger charge is -2.15. The summed E-state index contributed by atoms with van der Waals surface area (Å²) in [7, 11) is -3.77. The van der Waals surface area contributed by atoms with Crippen molar-refractivity contribution in [1.82, 2.24) is 9.29 Å². The van der Waals surface area contributed by atoms with Gasteiger partial charge in [-0.25, -0.2) is 17.8 Å². The van der Waals surface area contributed by atoms with Gasteiger partial charge in [0.15, 0.2) is 5.82 Å². The van der Waals surface area contributed by atoms with E-state index >= 15 is 0 Å². The zero-order valence-corrected chi connectivity index (χ0v) is 10.5. The molecule has 0 radical (unpaired) electrons. The average Bonchev–Trinajstić information content (AvgIpc) is 2.78. The van der Waals surface area contributed by atoms with Gasteiger partial charge in [-0.05, 0) is 24.5 Å². The van der Waals surface area contributed by atoms with Crippen LogP contribution in [0.25, 0.3) is 0 Å². The molecule has 0 amide bonds. The van der Waals surface area contributed by atoms with Gasteiger partial charge in [0.05, 0.1) is 0 Å². The molecule has 1 aliphatic heterocycles. The molecule has 0 N–H and O–H groups in total. The SMILES string of the molecule is CCC1CCN(S(=O)(=O)c2ncccc2F)C1. The van der Waals surface area contributed by atoms with Crippen LogP contribution < -0.4 is 0 Å². The molecule has 1 fully saturated rings. The second-order valence-corrected chi connectivity index (χ2v) is 6.07. The van der Waals surface area contributed by atoms with Gasteiger partial charge in [-0.3, -0.25) is 0 Å². The van der Waals surface area contributed by atoms with E-state index in [1.807, 2.05) is 6.92 Å². The number of rotatable bonds is 3. The summed E-state index contributed by atoms with van der Waals surface area (Å²) in [6, 6.07) is 2.50. The largest absolute Gasteiger partial charge is 0.263 e. The van der Waals surface area contributed by atoms with E-state index in [1.54, 1.807) is 0 Å². The highest BCUT2D eigenvalue weighted by Crippen LogP contribution is 2.25. The smallest absolute Gasteiger partial charge is 0.241 e. The van der Waals surface area contributed by atoms with Crippen LogP contribution in [0.15, 0.2) is 23.4 Å². The molecule has 1 unspecified atom stereocenters. The van der Waals surface area contributed by atoms with Crippen molar-refractivity contribution in [1.29, 1.82) is 0 Å². The molecule has 4 nitrogen and oxygen atoms in total. The van der Waals surface area contributed by atoms with Crippen molar-refractivity contribution in [3.8, 4) is 0 Å². The third-order valence-corrected chi connectivity index (χ3v) is 4.94. The normalized spacial score (nSPS) is 21.9. The molecule has 17 heavy (non-hydrogen) atoms. The van der Waals surface area contributed by atoms with Crippen LogP contribution in [0.4, 0.5) is 4.39 Å².